The van der Waals surface area contributed by atoms with Gasteiger partial charge in [-0.25, -0.2) is 4.68 Å². The molecule has 0 unspecified atom stereocenters. The van der Waals surface area contributed by atoms with Crippen molar-refractivity contribution >= 4 is 10.8 Å². The van der Waals surface area contributed by atoms with Crippen molar-refractivity contribution in [2.24, 2.45) is 7.05 Å². The molecule has 0 atom stereocenters. The molecule has 2 aromatic carbocycles. The standard InChI is InChI=1S/C15H12N2O/c1-17-15(18)13-10-6-5-9-12(13)14(16-17)11-7-3-2-4-8-11/h2-10H,1H3. The Hall–Kier alpha value is -2.42. The maximum absolute atomic E-state index is 12.0. The van der Waals surface area contributed by atoms with Crippen LogP contribution in [-0.2, 0) is 7.05 Å². The van der Waals surface area contributed by atoms with E-state index in [2.05, 4.69) is 5.10 Å². The lowest BCUT2D eigenvalue weighted by Crippen LogP contribution is -2.20. The molecule has 0 fully saturated rings. The largest absolute Gasteiger partial charge is 0.274 e. The van der Waals surface area contributed by atoms with E-state index in [0.29, 0.717) is 5.39 Å². The van der Waals surface area contributed by atoms with Gasteiger partial charge in [0.2, 0.25) is 0 Å². The summed E-state index contributed by atoms with van der Waals surface area (Å²) in [6.07, 6.45) is 0. The topological polar surface area (TPSA) is 34.9 Å². The predicted octanol–water partition coefficient (Wildman–Crippen LogP) is 2.60. The van der Waals surface area contributed by atoms with Gasteiger partial charge in [-0.1, -0.05) is 48.5 Å². The molecule has 0 amide bonds. The number of hydrogen-bond donors (Lipinski definition) is 0. The molecule has 3 rings (SSSR count). The highest BCUT2D eigenvalue weighted by Gasteiger charge is 2.09. The first kappa shape index (κ1) is 10.7. The van der Waals surface area contributed by atoms with Gasteiger partial charge in [0.15, 0.2) is 0 Å². The molecule has 0 aliphatic carbocycles. The van der Waals surface area contributed by atoms with Gasteiger partial charge in [-0.15, -0.1) is 0 Å². The van der Waals surface area contributed by atoms with Gasteiger partial charge >= 0.3 is 0 Å². The van der Waals surface area contributed by atoms with Gasteiger partial charge in [-0.2, -0.15) is 5.10 Å². The predicted molar refractivity (Wildman–Crippen MR) is 72.4 cm³/mol. The molecule has 0 spiro atoms. The Bertz CT molecular complexity index is 760. The number of rotatable bonds is 1. The zero-order valence-corrected chi connectivity index (χ0v) is 10.00. The number of aromatic nitrogens is 2. The lowest BCUT2D eigenvalue weighted by atomic mass is 10.1. The summed E-state index contributed by atoms with van der Waals surface area (Å²) in [5.74, 6) is 0. The molecule has 0 aliphatic rings. The van der Waals surface area contributed by atoms with E-state index in [4.69, 9.17) is 0 Å². The summed E-state index contributed by atoms with van der Waals surface area (Å²) in [5, 5.41) is 5.97. The van der Waals surface area contributed by atoms with Crippen LogP contribution in [0.4, 0.5) is 0 Å². The monoisotopic (exact) mass is 236 g/mol. The van der Waals surface area contributed by atoms with E-state index >= 15 is 0 Å². The van der Waals surface area contributed by atoms with Gasteiger partial charge in [0.05, 0.1) is 11.1 Å². The van der Waals surface area contributed by atoms with Crippen LogP contribution in [0.5, 0.6) is 0 Å². The second-order valence-electron chi connectivity index (χ2n) is 4.19. The van der Waals surface area contributed by atoms with Gasteiger partial charge < -0.3 is 0 Å². The van der Waals surface area contributed by atoms with E-state index in [1.54, 1.807) is 7.05 Å². The highest BCUT2D eigenvalue weighted by Crippen LogP contribution is 2.23. The van der Waals surface area contributed by atoms with E-state index in [1.165, 1.54) is 4.68 Å². The maximum Gasteiger partial charge on any atom is 0.274 e. The number of fused-ring (bicyclic) bond motifs is 1. The molecule has 1 aromatic heterocycles. The fourth-order valence-electron chi connectivity index (χ4n) is 2.11. The minimum absolute atomic E-state index is 0.0646. The van der Waals surface area contributed by atoms with Crippen LogP contribution in [0.25, 0.3) is 22.0 Å². The molecule has 0 bridgehead atoms. The average molecular weight is 236 g/mol. The Balaban J connectivity index is 2.44. The molecule has 3 heteroatoms. The smallest absolute Gasteiger partial charge is 0.267 e. The van der Waals surface area contributed by atoms with Crippen LogP contribution in [0, 0.1) is 0 Å². The third-order valence-corrected chi connectivity index (χ3v) is 3.00. The molecule has 0 saturated carbocycles. The quantitative estimate of drug-likeness (QED) is 0.651. The highest BCUT2D eigenvalue weighted by molar-refractivity contribution is 5.93. The molecule has 1 heterocycles. The molecule has 18 heavy (non-hydrogen) atoms. The third-order valence-electron chi connectivity index (χ3n) is 3.00. The van der Waals surface area contributed by atoms with Crippen molar-refractivity contribution in [3.8, 4) is 11.3 Å². The minimum Gasteiger partial charge on any atom is -0.267 e. The summed E-state index contributed by atoms with van der Waals surface area (Å²) in [4.78, 5) is 12.0. The van der Waals surface area contributed by atoms with Gasteiger partial charge in [0.1, 0.15) is 0 Å². The fraction of sp³-hybridized carbons (Fsp3) is 0.0667. The fourth-order valence-corrected chi connectivity index (χ4v) is 2.11. The lowest BCUT2D eigenvalue weighted by Gasteiger charge is -2.07. The molecular weight excluding hydrogens is 224 g/mol. The minimum atomic E-state index is -0.0646. The van der Waals surface area contributed by atoms with Crippen LogP contribution in [0.1, 0.15) is 0 Å². The first-order chi connectivity index (χ1) is 8.77. The van der Waals surface area contributed by atoms with Crippen molar-refractivity contribution in [1.29, 1.82) is 0 Å². The molecule has 3 aromatic rings. The van der Waals surface area contributed by atoms with Gasteiger partial charge in [0.25, 0.3) is 5.56 Å². The van der Waals surface area contributed by atoms with Crippen LogP contribution >= 0.6 is 0 Å². The normalized spacial score (nSPS) is 10.7. The number of benzene rings is 2. The van der Waals surface area contributed by atoms with E-state index in [-0.39, 0.29) is 5.56 Å². The van der Waals surface area contributed by atoms with E-state index < -0.39 is 0 Å². The van der Waals surface area contributed by atoms with Crippen LogP contribution in [0.2, 0.25) is 0 Å². The van der Waals surface area contributed by atoms with Crippen LogP contribution in [-0.4, -0.2) is 9.78 Å². The molecule has 0 N–H and O–H groups in total. The first-order valence-electron chi connectivity index (χ1n) is 5.79. The lowest BCUT2D eigenvalue weighted by molar-refractivity contribution is 0.722. The van der Waals surface area contributed by atoms with Crippen molar-refractivity contribution in [2.75, 3.05) is 0 Å². The van der Waals surface area contributed by atoms with Gasteiger partial charge in [-0.3, -0.25) is 4.79 Å². The Morgan fingerprint density at radius 2 is 1.50 bits per heavy atom. The second-order valence-corrected chi connectivity index (χ2v) is 4.19. The molecule has 3 nitrogen and oxygen atoms in total. The van der Waals surface area contributed by atoms with Crippen LogP contribution in [0.15, 0.2) is 59.4 Å². The average Bonchev–Trinajstić information content (AvgIpc) is 2.44. The van der Waals surface area contributed by atoms with E-state index in [9.17, 15) is 4.79 Å². The summed E-state index contributed by atoms with van der Waals surface area (Å²) in [6, 6.07) is 17.5. The molecule has 88 valence electrons. The van der Waals surface area contributed by atoms with Crippen molar-refractivity contribution in [2.45, 2.75) is 0 Å². The Morgan fingerprint density at radius 3 is 2.22 bits per heavy atom. The van der Waals surface area contributed by atoms with Crippen molar-refractivity contribution in [3.63, 3.8) is 0 Å². The summed E-state index contributed by atoms with van der Waals surface area (Å²) in [5.41, 5.74) is 1.79. The molecular formula is C15H12N2O. The summed E-state index contributed by atoms with van der Waals surface area (Å²) in [7, 11) is 1.68. The van der Waals surface area contributed by atoms with E-state index in [0.717, 1.165) is 16.6 Å². The number of hydrogen-bond acceptors (Lipinski definition) is 2. The van der Waals surface area contributed by atoms with Crippen LogP contribution < -0.4 is 5.56 Å². The van der Waals surface area contributed by atoms with Crippen molar-refractivity contribution < 1.29 is 0 Å². The summed E-state index contributed by atoms with van der Waals surface area (Å²) < 4.78 is 1.39. The molecule has 0 aliphatic heterocycles. The second kappa shape index (κ2) is 4.11. The third kappa shape index (κ3) is 1.61. The Labute approximate surface area is 104 Å². The molecule has 0 radical (unpaired) electrons. The van der Waals surface area contributed by atoms with Crippen molar-refractivity contribution in [1.82, 2.24) is 9.78 Å². The maximum atomic E-state index is 12.0. The zero-order valence-electron chi connectivity index (χ0n) is 10.00. The van der Waals surface area contributed by atoms with Crippen molar-refractivity contribution in [3.05, 3.63) is 65.0 Å². The first-order valence-corrected chi connectivity index (χ1v) is 5.79. The van der Waals surface area contributed by atoms with Gasteiger partial charge in [-0.05, 0) is 6.07 Å². The van der Waals surface area contributed by atoms with E-state index in [1.807, 2.05) is 54.6 Å². The van der Waals surface area contributed by atoms with Crippen LogP contribution in [0.3, 0.4) is 0 Å². The number of aryl methyl sites for hydroxylation is 1. The highest BCUT2D eigenvalue weighted by atomic mass is 16.1. The Morgan fingerprint density at radius 1 is 0.889 bits per heavy atom. The molecule has 0 saturated heterocycles. The zero-order chi connectivity index (χ0) is 12.5. The van der Waals surface area contributed by atoms with Gasteiger partial charge in [0, 0.05) is 18.0 Å². The summed E-state index contributed by atoms with van der Waals surface area (Å²) in [6.45, 7) is 0. The SMILES string of the molecule is Cn1nc(-c2ccccc2)c2ccccc2c1=O. The Kier molecular flexibility index (Phi) is 2.45. The number of nitrogens with zero attached hydrogens (tertiary/aromatic N) is 2. The summed E-state index contributed by atoms with van der Waals surface area (Å²) >= 11 is 0.